The highest BCUT2D eigenvalue weighted by Gasteiger charge is 2.20. The number of carbonyl (C=O) groups is 2. The second-order valence-electron chi connectivity index (χ2n) is 5.86. The number of rotatable bonds is 6. The molecule has 128 valence electrons. The molecule has 0 bridgehead atoms. The van der Waals surface area contributed by atoms with Gasteiger partial charge in [0, 0.05) is 11.4 Å². The Balaban J connectivity index is 1.98. The molecule has 4 nitrogen and oxygen atoms in total. The molecular weight excluding hydrogens is 329 g/mol. The Morgan fingerprint density at radius 1 is 1.12 bits per heavy atom. The van der Waals surface area contributed by atoms with E-state index >= 15 is 0 Å². The van der Waals surface area contributed by atoms with Crippen LogP contribution < -0.4 is 5.32 Å². The highest BCUT2D eigenvalue weighted by molar-refractivity contribution is 7.17. The molecule has 0 saturated carbocycles. The first kappa shape index (κ1) is 18.1. The lowest BCUT2D eigenvalue weighted by Gasteiger charge is -2.14. The van der Waals surface area contributed by atoms with E-state index in [1.54, 1.807) is 31.2 Å². The Morgan fingerprint density at radius 2 is 1.79 bits per heavy atom. The van der Waals surface area contributed by atoms with Crippen LogP contribution in [0.25, 0.3) is 10.4 Å². The largest absolute Gasteiger partial charge is 0.448 e. The van der Waals surface area contributed by atoms with Crippen molar-refractivity contribution in [2.24, 2.45) is 5.92 Å². The smallest absolute Gasteiger partial charge is 0.349 e. The third-order valence-corrected chi connectivity index (χ3v) is 4.39. The summed E-state index contributed by atoms with van der Waals surface area (Å²) in [5.74, 6) is -0.837. The van der Waals surface area contributed by atoms with Crippen molar-refractivity contribution < 1.29 is 18.7 Å². The van der Waals surface area contributed by atoms with Crippen LogP contribution in [-0.2, 0) is 9.53 Å². The lowest BCUT2D eigenvalue weighted by Crippen LogP contribution is -2.37. The number of benzene rings is 1. The molecule has 2 aromatic rings. The van der Waals surface area contributed by atoms with Gasteiger partial charge in [0.2, 0.25) is 0 Å². The van der Waals surface area contributed by atoms with Crippen molar-refractivity contribution in [1.82, 2.24) is 5.32 Å². The summed E-state index contributed by atoms with van der Waals surface area (Å²) in [5, 5.41) is 2.73. The molecular formula is C18H20FNO3S. The Hall–Kier alpha value is -2.21. The number of halogens is 1. The van der Waals surface area contributed by atoms with Gasteiger partial charge in [-0.3, -0.25) is 4.79 Å². The van der Waals surface area contributed by atoms with Crippen molar-refractivity contribution in [3.05, 3.63) is 47.1 Å². The zero-order valence-corrected chi connectivity index (χ0v) is 14.7. The van der Waals surface area contributed by atoms with E-state index in [1.165, 1.54) is 23.5 Å². The van der Waals surface area contributed by atoms with Crippen LogP contribution >= 0.6 is 11.3 Å². The van der Waals surface area contributed by atoms with Gasteiger partial charge in [-0.1, -0.05) is 26.0 Å². The molecule has 2 rings (SSSR count). The van der Waals surface area contributed by atoms with Crippen LogP contribution in [-0.4, -0.2) is 24.5 Å². The standard InChI is InChI=1S/C18H20FNO3S/c1-11(2)10-20-17(21)12(3)23-18(22)16-9-8-15(24-16)13-4-6-14(19)7-5-13/h4-9,11-12H,10H2,1-3H3,(H,20,21)/t12-/m1/s1. The maximum atomic E-state index is 13.0. The summed E-state index contributed by atoms with van der Waals surface area (Å²) < 4.78 is 18.2. The summed E-state index contributed by atoms with van der Waals surface area (Å²) in [5.41, 5.74) is 0.822. The van der Waals surface area contributed by atoms with E-state index in [0.29, 0.717) is 17.3 Å². The molecule has 0 saturated heterocycles. The van der Waals surface area contributed by atoms with Crippen LogP contribution in [0.5, 0.6) is 0 Å². The molecule has 1 aromatic heterocycles. The molecule has 1 amide bonds. The lowest BCUT2D eigenvalue weighted by atomic mass is 10.2. The number of hydrogen-bond acceptors (Lipinski definition) is 4. The number of carbonyl (C=O) groups excluding carboxylic acids is 2. The van der Waals surface area contributed by atoms with Crippen LogP contribution in [0.4, 0.5) is 4.39 Å². The quantitative estimate of drug-likeness (QED) is 0.806. The summed E-state index contributed by atoms with van der Waals surface area (Å²) >= 11 is 1.24. The number of hydrogen-bond donors (Lipinski definition) is 1. The van der Waals surface area contributed by atoms with Gasteiger partial charge >= 0.3 is 5.97 Å². The predicted molar refractivity (Wildman–Crippen MR) is 92.4 cm³/mol. The van der Waals surface area contributed by atoms with Gasteiger partial charge in [-0.25, -0.2) is 9.18 Å². The molecule has 0 radical (unpaired) electrons. The van der Waals surface area contributed by atoms with Crippen LogP contribution in [0.3, 0.4) is 0 Å². The average molecular weight is 349 g/mol. The summed E-state index contributed by atoms with van der Waals surface area (Å²) in [4.78, 5) is 25.2. The van der Waals surface area contributed by atoms with Gasteiger partial charge in [-0.15, -0.1) is 11.3 Å². The third-order valence-electron chi connectivity index (χ3n) is 3.27. The molecule has 1 heterocycles. The molecule has 0 aliphatic heterocycles. The number of amides is 1. The molecule has 0 unspecified atom stereocenters. The molecule has 1 aromatic carbocycles. The van der Waals surface area contributed by atoms with Crippen molar-refractivity contribution in [3.8, 4) is 10.4 Å². The van der Waals surface area contributed by atoms with Crippen LogP contribution in [0.2, 0.25) is 0 Å². The van der Waals surface area contributed by atoms with E-state index in [-0.39, 0.29) is 11.7 Å². The Bertz CT molecular complexity index is 709. The third kappa shape index (κ3) is 4.89. The molecule has 1 atom stereocenters. The summed E-state index contributed by atoms with van der Waals surface area (Å²) in [7, 11) is 0. The maximum absolute atomic E-state index is 13.0. The van der Waals surface area contributed by atoms with E-state index in [2.05, 4.69) is 5.32 Å². The molecule has 1 N–H and O–H groups in total. The number of ether oxygens (including phenoxy) is 1. The number of thiophene rings is 1. The van der Waals surface area contributed by atoms with Gasteiger partial charge in [-0.2, -0.15) is 0 Å². The van der Waals surface area contributed by atoms with Crippen LogP contribution in [0, 0.1) is 11.7 Å². The highest BCUT2D eigenvalue weighted by Crippen LogP contribution is 2.28. The minimum absolute atomic E-state index is 0.309. The fourth-order valence-electron chi connectivity index (χ4n) is 1.94. The Kier molecular flexibility index (Phi) is 6.09. The van der Waals surface area contributed by atoms with Gasteiger partial charge in [0.25, 0.3) is 5.91 Å². The first-order valence-electron chi connectivity index (χ1n) is 7.71. The summed E-state index contributed by atoms with van der Waals surface area (Å²) in [6, 6.07) is 9.46. The minimum Gasteiger partial charge on any atom is -0.448 e. The van der Waals surface area contributed by atoms with E-state index < -0.39 is 12.1 Å². The fourth-order valence-corrected chi connectivity index (χ4v) is 2.83. The second kappa shape index (κ2) is 8.06. The summed E-state index contributed by atoms with van der Waals surface area (Å²) in [6.07, 6.45) is -0.854. The van der Waals surface area contributed by atoms with E-state index in [4.69, 9.17) is 4.74 Å². The molecule has 0 aliphatic rings. The topological polar surface area (TPSA) is 55.4 Å². The van der Waals surface area contributed by atoms with Crippen molar-refractivity contribution in [3.63, 3.8) is 0 Å². The Morgan fingerprint density at radius 3 is 2.42 bits per heavy atom. The Labute approximate surface area is 144 Å². The van der Waals surface area contributed by atoms with Gasteiger partial charge in [0.15, 0.2) is 6.10 Å². The SMILES string of the molecule is CC(C)CNC(=O)[C@@H](C)OC(=O)c1ccc(-c2ccc(F)cc2)s1. The van der Waals surface area contributed by atoms with E-state index in [1.807, 2.05) is 13.8 Å². The predicted octanol–water partition coefficient (Wildman–Crippen LogP) is 3.87. The fraction of sp³-hybridized carbons (Fsp3) is 0.333. The lowest BCUT2D eigenvalue weighted by molar-refractivity contribution is -0.129. The van der Waals surface area contributed by atoms with Crippen LogP contribution in [0.1, 0.15) is 30.4 Å². The monoisotopic (exact) mass is 349 g/mol. The minimum atomic E-state index is -0.854. The molecule has 24 heavy (non-hydrogen) atoms. The first-order valence-corrected chi connectivity index (χ1v) is 8.53. The normalized spacial score (nSPS) is 12.0. The van der Waals surface area contributed by atoms with Gasteiger partial charge in [0.05, 0.1) is 0 Å². The average Bonchev–Trinajstić information content (AvgIpc) is 3.03. The van der Waals surface area contributed by atoms with Gasteiger partial charge in [0.1, 0.15) is 10.7 Å². The van der Waals surface area contributed by atoms with E-state index in [0.717, 1.165) is 10.4 Å². The van der Waals surface area contributed by atoms with Crippen molar-refractivity contribution >= 4 is 23.2 Å². The van der Waals surface area contributed by atoms with Crippen LogP contribution in [0.15, 0.2) is 36.4 Å². The van der Waals surface area contributed by atoms with Gasteiger partial charge < -0.3 is 10.1 Å². The van der Waals surface area contributed by atoms with E-state index in [9.17, 15) is 14.0 Å². The molecule has 0 spiro atoms. The summed E-state index contributed by atoms with van der Waals surface area (Å²) in [6.45, 7) is 6.05. The maximum Gasteiger partial charge on any atom is 0.349 e. The van der Waals surface area contributed by atoms with Crippen molar-refractivity contribution in [1.29, 1.82) is 0 Å². The zero-order valence-electron chi connectivity index (χ0n) is 13.8. The zero-order chi connectivity index (χ0) is 17.7. The molecule has 0 aliphatic carbocycles. The highest BCUT2D eigenvalue weighted by atomic mass is 32.1. The first-order chi connectivity index (χ1) is 11.4. The number of nitrogens with one attached hydrogen (secondary N) is 1. The molecule has 0 fully saturated rings. The van der Waals surface area contributed by atoms with Crippen molar-refractivity contribution in [2.45, 2.75) is 26.9 Å². The van der Waals surface area contributed by atoms with Crippen molar-refractivity contribution in [2.75, 3.05) is 6.54 Å². The number of esters is 1. The van der Waals surface area contributed by atoms with Gasteiger partial charge in [-0.05, 0) is 42.7 Å². The second-order valence-corrected chi connectivity index (χ2v) is 6.94. The molecule has 6 heteroatoms.